The first kappa shape index (κ1) is 19.1. The van der Waals surface area contributed by atoms with Crippen LogP contribution in [0.3, 0.4) is 0 Å². The average molecular weight is 407 g/mol. The zero-order valence-corrected chi connectivity index (χ0v) is 16.7. The normalized spacial score (nSPS) is 11.6. The van der Waals surface area contributed by atoms with Crippen LogP contribution < -0.4 is 10.0 Å². The molecule has 7 nitrogen and oxygen atoms in total. The van der Waals surface area contributed by atoms with Gasteiger partial charge in [-0.2, -0.15) is 0 Å². The van der Waals surface area contributed by atoms with Gasteiger partial charge in [0.15, 0.2) is 0 Å². The molecule has 0 bridgehead atoms. The predicted molar refractivity (Wildman–Crippen MR) is 114 cm³/mol. The SMILES string of the molecule is Cc1nc(NCCNS(=O)(=O)c2cccc3ccccc23)cc(-n2cccc2)n1. The Kier molecular flexibility index (Phi) is 5.28. The zero-order chi connectivity index (χ0) is 20.3. The van der Waals surface area contributed by atoms with Gasteiger partial charge in [-0.25, -0.2) is 23.1 Å². The van der Waals surface area contributed by atoms with Gasteiger partial charge in [0.1, 0.15) is 17.5 Å². The molecule has 0 aliphatic heterocycles. The molecule has 0 unspecified atom stereocenters. The van der Waals surface area contributed by atoms with Crippen molar-refractivity contribution in [3.63, 3.8) is 0 Å². The van der Waals surface area contributed by atoms with Gasteiger partial charge < -0.3 is 9.88 Å². The Bertz CT molecular complexity index is 1230. The van der Waals surface area contributed by atoms with Crippen molar-refractivity contribution in [1.29, 1.82) is 0 Å². The van der Waals surface area contributed by atoms with Crippen LogP contribution in [0.4, 0.5) is 5.82 Å². The lowest BCUT2D eigenvalue weighted by molar-refractivity contribution is 0.584. The monoisotopic (exact) mass is 407 g/mol. The molecule has 2 heterocycles. The second kappa shape index (κ2) is 8.02. The van der Waals surface area contributed by atoms with Crippen LogP contribution in [0.2, 0.25) is 0 Å². The summed E-state index contributed by atoms with van der Waals surface area (Å²) in [5, 5.41) is 4.76. The predicted octanol–water partition coefficient (Wildman–Crippen LogP) is 3.12. The molecule has 0 fully saturated rings. The average Bonchev–Trinajstić information content (AvgIpc) is 3.25. The molecule has 0 aliphatic carbocycles. The van der Waals surface area contributed by atoms with E-state index in [1.165, 1.54) is 0 Å². The lowest BCUT2D eigenvalue weighted by atomic mass is 10.1. The summed E-state index contributed by atoms with van der Waals surface area (Å²) in [6.45, 7) is 2.44. The zero-order valence-electron chi connectivity index (χ0n) is 15.9. The Balaban J connectivity index is 1.43. The number of rotatable bonds is 7. The fourth-order valence-corrected chi connectivity index (χ4v) is 4.41. The molecule has 0 spiro atoms. The van der Waals surface area contributed by atoms with Crippen molar-refractivity contribution >= 4 is 26.6 Å². The van der Waals surface area contributed by atoms with Crippen molar-refractivity contribution in [2.45, 2.75) is 11.8 Å². The molecule has 148 valence electrons. The number of fused-ring (bicyclic) bond motifs is 1. The number of anilines is 1. The summed E-state index contributed by atoms with van der Waals surface area (Å²) in [5.74, 6) is 2.03. The third-order valence-electron chi connectivity index (χ3n) is 4.46. The van der Waals surface area contributed by atoms with E-state index in [0.717, 1.165) is 11.2 Å². The number of hydrogen-bond donors (Lipinski definition) is 2. The van der Waals surface area contributed by atoms with E-state index in [4.69, 9.17) is 0 Å². The van der Waals surface area contributed by atoms with Crippen LogP contribution in [-0.4, -0.2) is 36.0 Å². The molecular formula is C21H21N5O2S. The summed E-state index contributed by atoms with van der Waals surface area (Å²) < 4.78 is 30.1. The molecule has 0 aliphatic rings. The largest absolute Gasteiger partial charge is 0.369 e. The number of nitrogens with one attached hydrogen (secondary N) is 2. The first-order valence-corrected chi connectivity index (χ1v) is 10.7. The number of aryl methyl sites for hydroxylation is 1. The second-order valence-electron chi connectivity index (χ2n) is 6.55. The van der Waals surface area contributed by atoms with E-state index in [1.54, 1.807) is 12.1 Å². The van der Waals surface area contributed by atoms with Gasteiger partial charge >= 0.3 is 0 Å². The molecule has 8 heteroatoms. The van der Waals surface area contributed by atoms with E-state index < -0.39 is 10.0 Å². The van der Waals surface area contributed by atoms with Gasteiger partial charge in [-0.15, -0.1) is 0 Å². The van der Waals surface area contributed by atoms with Gasteiger partial charge in [0, 0.05) is 36.9 Å². The summed E-state index contributed by atoms with van der Waals surface area (Å²) in [4.78, 5) is 9.06. The number of aromatic nitrogens is 3. The molecule has 0 saturated heterocycles. The number of sulfonamides is 1. The minimum atomic E-state index is -3.62. The van der Waals surface area contributed by atoms with Crippen LogP contribution in [0.5, 0.6) is 0 Å². The topological polar surface area (TPSA) is 88.9 Å². The first-order valence-electron chi connectivity index (χ1n) is 9.23. The highest BCUT2D eigenvalue weighted by molar-refractivity contribution is 7.89. The third kappa shape index (κ3) is 4.28. The Hall–Kier alpha value is -3.23. The molecule has 0 radical (unpaired) electrons. The molecule has 0 atom stereocenters. The maximum Gasteiger partial charge on any atom is 0.241 e. The van der Waals surface area contributed by atoms with E-state index in [2.05, 4.69) is 20.0 Å². The van der Waals surface area contributed by atoms with Gasteiger partial charge in [0.25, 0.3) is 0 Å². The Morgan fingerprint density at radius 2 is 1.69 bits per heavy atom. The molecule has 4 rings (SSSR count). The van der Waals surface area contributed by atoms with Crippen molar-refractivity contribution in [2.75, 3.05) is 18.4 Å². The fraction of sp³-hybridized carbons (Fsp3) is 0.143. The highest BCUT2D eigenvalue weighted by Gasteiger charge is 2.16. The van der Waals surface area contributed by atoms with E-state index in [-0.39, 0.29) is 11.4 Å². The highest BCUT2D eigenvalue weighted by Crippen LogP contribution is 2.22. The maximum absolute atomic E-state index is 12.8. The van der Waals surface area contributed by atoms with Gasteiger partial charge in [-0.1, -0.05) is 36.4 Å². The molecule has 29 heavy (non-hydrogen) atoms. The van der Waals surface area contributed by atoms with E-state index in [9.17, 15) is 8.42 Å². The van der Waals surface area contributed by atoms with Crippen LogP contribution >= 0.6 is 0 Å². The Labute approximate surface area is 169 Å². The lowest BCUT2D eigenvalue weighted by Gasteiger charge is -2.11. The van der Waals surface area contributed by atoms with Crippen molar-refractivity contribution < 1.29 is 8.42 Å². The summed E-state index contributed by atoms with van der Waals surface area (Å²) in [7, 11) is -3.62. The van der Waals surface area contributed by atoms with Crippen molar-refractivity contribution in [1.82, 2.24) is 19.3 Å². The highest BCUT2D eigenvalue weighted by atomic mass is 32.2. The smallest absolute Gasteiger partial charge is 0.241 e. The minimum absolute atomic E-state index is 0.230. The van der Waals surface area contributed by atoms with E-state index in [1.807, 2.05) is 72.4 Å². The summed E-state index contributed by atoms with van der Waals surface area (Å²) in [6, 6.07) is 18.4. The molecule has 2 aromatic heterocycles. The van der Waals surface area contributed by atoms with Crippen LogP contribution in [-0.2, 0) is 10.0 Å². The van der Waals surface area contributed by atoms with Crippen molar-refractivity contribution in [2.24, 2.45) is 0 Å². The second-order valence-corrected chi connectivity index (χ2v) is 8.29. The fourth-order valence-electron chi connectivity index (χ4n) is 3.15. The lowest BCUT2D eigenvalue weighted by Crippen LogP contribution is -2.29. The van der Waals surface area contributed by atoms with Gasteiger partial charge in [-0.3, -0.25) is 0 Å². The molecule has 2 N–H and O–H groups in total. The molecule has 0 amide bonds. The number of benzene rings is 2. The van der Waals surface area contributed by atoms with Crippen molar-refractivity contribution in [3.05, 3.63) is 78.9 Å². The van der Waals surface area contributed by atoms with Crippen LogP contribution in [0.15, 0.2) is 78.0 Å². The number of nitrogens with zero attached hydrogens (tertiary/aromatic N) is 3. The first-order chi connectivity index (χ1) is 14.0. The molecule has 2 aromatic carbocycles. The van der Waals surface area contributed by atoms with Crippen LogP contribution in [0.1, 0.15) is 5.82 Å². The van der Waals surface area contributed by atoms with E-state index in [0.29, 0.717) is 23.6 Å². The maximum atomic E-state index is 12.8. The minimum Gasteiger partial charge on any atom is -0.369 e. The van der Waals surface area contributed by atoms with Gasteiger partial charge in [0.2, 0.25) is 10.0 Å². The Morgan fingerprint density at radius 1 is 0.931 bits per heavy atom. The van der Waals surface area contributed by atoms with Gasteiger partial charge in [-0.05, 0) is 30.5 Å². The van der Waals surface area contributed by atoms with Crippen molar-refractivity contribution in [3.8, 4) is 5.82 Å². The number of hydrogen-bond acceptors (Lipinski definition) is 5. The third-order valence-corrected chi connectivity index (χ3v) is 5.97. The van der Waals surface area contributed by atoms with Gasteiger partial charge in [0.05, 0.1) is 4.90 Å². The summed E-state index contributed by atoms with van der Waals surface area (Å²) >= 11 is 0. The standard InChI is InChI=1S/C21H21N5O2S/c1-16-24-20(15-21(25-16)26-13-4-5-14-26)22-11-12-23-29(27,28)19-10-6-8-17-7-2-3-9-18(17)19/h2-10,13-15,23H,11-12H2,1H3,(H,22,24,25). The van der Waals surface area contributed by atoms with Crippen LogP contribution in [0.25, 0.3) is 16.6 Å². The summed E-state index contributed by atoms with van der Waals surface area (Å²) in [6.07, 6.45) is 3.81. The molecular weight excluding hydrogens is 386 g/mol. The Morgan fingerprint density at radius 3 is 2.52 bits per heavy atom. The quantitative estimate of drug-likeness (QED) is 0.460. The summed E-state index contributed by atoms with van der Waals surface area (Å²) in [5.41, 5.74) is 0. The molecule has 0 saturated carbocycles. The molecule has 4 aromatic rings. The van der Waals surface area contributed by atoms with E-state index >= 15 is 0 Å². The van der Waals surface area contributed by atoms with Crippen LogP contribution in [0, 0.1) is 6.92 Å².